The van der Waals surface area contributed by atoms with Gasteiger partial charge in [0.05, 0.1) is 21.3 Å². The van der Waals surface area contributed by atoms with Crippen molar-refractivity contribution in [3.05, 3.63) is 46.6 Å². The molecule has 0 spiro atoms. The SMILES string of the molecule is Nc1ccc(SCc2nc(-c3cccs3)no2)cc1Cl. The normalized spacial score (nSPS) is 10.8. The number of aromatic nitrogens is 2. The standard InChI is InChI=1S/C13H10ClN3OS2/c14-9-6-8(3-4-10(9)15)20-7-12-16-13(17-18-12)11-2-1-5-19-11/h1-6H,7,15H2. The molecule has 0 saturated heterocycles. The molecular formula is C13H10ClN3OS2. The highest BCUT2D eigenvalue weighted by atomic mass is 35.5. The summed E-state index contributed by atoms with van der Waals surface area (Å²) < 4.78 is 5.23. The second-order valence-corrected chi connectivity index (χ2v) is 6.36. The third kappa shape index (κ3) is 2.98. The fourth-order valence-corrected chi connectivity index (χ4v) is 3.23. The summed E-state index contributed by atoms with van der Waals surface area (Å²) in [5.41, 5.74) is 6.25. The van der Waals surface area contributed by atoms with Gasteiger partial charge in [0.2, 0.25) is 11.7 Å². The average molecular weight is 324 g/mol. The molecule has 20 heavy (non-hydrogen) atoms. The van der Waals surface area contributed by atoms with Crippen molar-refractivity contribution in [2.24, 2.45) is 0 Å². The topological polar surface area (TPSA) is 64.9 Å². The predicted molar refractivity (Wildman–Crippen MR) is 83.0 cm³/mol. The van der Waals surface area contributed by atoms with E-state index in [1.807, 2.05) is 29.6 Å². The number of thioether (sulfide) groups is 1. The van der Waals surface area contributed by atoms with Gasteiger partial charge in [-0.25, -0.2) is 0 Å². The number of nitrogens with two attached hydrogens (primary N) is 1. The maximum Gasteiger partial charge on any atom is 0.237 e. The molecule has 0 aliphatic carbocycles. The molecule has 3 aromatic rings. The summed E-state index contributed by atoms with van der Waals surface area (Å²) in [6.07, 6.45) is 0. The number of halogens is 1. The number of hydrogen-bond acceptors (Lipinski definition) is 6. The quantitative estimate of drug-likeness (QED) is 0.572. The van der Waals surface area contributed by atoms with Crippen molar-refractivity contribution in [3.63, 3.8) is 0 Å². The van der Waals surface area contributed by atoms with Crippen LogP contribution < -0.4 is 5.73 Å². The van der Waals surface area contributed by atoms with Crippen LogP contribution in [0.3, 0.4) is 0 Å². The van der Waals surface area contributed by atoms with E-state index in [0.717, 1.165) is 9.77 Å². The summed E-state index contributed by atoms with van der Waals surface area (Å²) in [7, 11) is 0. The molecule has 0 atom stereocenters. The Morgan fingerprint density at radius 3 is 3.00 bits per heavy atom. The van der Waals surface area contributed by atoms with Crippen LogP contribution in [0.1, 0.15) is 5.89 Å². The Morgan fingerprint density at radius 2 is 2.25 bits per heavy atom. The van der Waals surface area contributed by atoms with Crippen LogP contribution in [0.5, 0.6) is 0 Å². The minimum Gasteiger partial charge on any atom is -0.398 e. The lowest BCUT2D eigenvalue weighted by molar-refractivity contribution is 0.392. The highest BCUT2D eigenvalue weighted by Gasteiger charge is 2.10. The highest BCUT2D eigenvalue weighted by Crippen LogP contribution is 2.29. The number of nitrogens with zero attached hydrogens (tertiary/aromatic N) is 2. The molecule has 1 aromatic carbocycles. The second-order valence-electron chi connectivity index (χ2n) is 3.96. The number of benzene rings is 1. The molecule has 2 aromatic heterocycles. The van der Waals surface area contributed by atoms with Crippen LogP contribution in [0.25, 0.3) is 10.7 Å². The molecule has 3 rings (SSSR count). The molecule has 0 aliphatic rings. The van der Waals surface area contributed by atoms with E-state index in [1.54, 1.807) is 29.2 Å². The highest BCUT2D eigenvalue weighted by molar-refractivity contribution is 7.98. The summed E-state index contributed by atoms with van der Waals surface area (Å²) in [6, 6.07) is 9.46. The third-order valence-corrected chi connectivity index (χ3v) is 4.72. The molecule has 102 valence electrons. The Bertz CT molecular complexity index is 712. The van der Waals surface area contributed by atoms with Gasteiger partial charge >= 0.3 is 0 Å². The van der Waals surface area contributed by atoms with Crippen LogP contribution in [-0.2, 0) is 5.75 Å². The Kier molecular flexibility index (Phi) is 3.95. The van der Waals surface area contributed by atoms with Gasteiger partial charge in [-0.1, -0.05) is 22.8 Å². The molecule has 0 bridgehead atoms. The first-order valence-corrected chi connectivity index (χ1v) is 8.01. The van der Waals surface area contributed by atoms with E-state index in [2.05, 4.69) is 10.1 Å². The van der Waals surface area contributed by atoms with Crippen LogP contribution in [0.4, 0.5) is 5.69 Å². The first-order valence-electron chi connectivity index (χ1n) is 5.76. The van der Waals surface area contributed by atoms with E-state index in [0.29, 0.717) is 28.2 Å². The zero-order valence-corrected chi connectivity index (χ0v) is 12.6. The number of anilines is 1. The Morgan fingerprint density at radius 1 is 1.35 bits per heavy atom. The Hall–Kier alpha value is -1.50. The van der Waals surface area contributed by atoms with Gasteiger partial charge in [0.1, 0.15) is 0 Å². The van der Waals surface area contributed by atoms with E-state index in [-0.39, 0.29) is 0 Å². The largest absolute Gasteiger partial charge is 0.398 e. The summed E-state index contributed by atoms with van der Waals surface area (Å²) in [6.45, 7) is 0. The number of rotatable bonds is 4. The zero-order valence-electron chi connectivity index (χ0n) is 10.2. The van der Waals surface area contributed by atoms with Crippen LogP contribution in [0, 0.1) is 0 Å². The Labute approximate surface area is 129 Å². The van der Waals surface area contributed by atoms with Gasteiger partial charge in [0.15, 0.2) is 0 Å². The van der Waals surface area contributed by atoms with Crippen molar-refractivity contribution in [3.8, 4) is 10.7 Å². The van der Waals surface area contributed by atoms with Crippen LogP contribution in [-0.4, -0.2) is 10.1 Å². The van der Waals surface area contributed by atoms with E-state index in [1.165, 1.54) is 0 Å². The predicted octanol–water partition coefficient (Wildman–Crippen LogP) is 4.33. The maximum atomic E-state index is 5.98. The van der Waals surface area contributed by atoms with Gasteiger partial charge in [0.25, 0.3) is 0 Å². The lowest BCUT2D eigenvalue weighted by atomic mass is 10.3. The molecule has 0 aliphatic heterocycles. The minimum atomic E-state index is 0.555. The summed E-state index contributed by atoms with van der Waals surface area (Å²) in [5.74, 6) is 1.82. The van der Waals surface area contributed by atoms with Gasteiger partial charge in [0, 0.05) is 4.90 Å². The Balaban J connectivity index is 1.68. The molecule has 2 heterocycles. The van der Waals surface area contributed by atoms with Crippen molar-refractivity contribution in [1.82, 2.24) is 10.1 Å². The summed E-state index contributed by atoms with van der Waals surface area (Å²) in [5, 5.41) is 6.51. The van der Waals surface area contributed by atoms with Gasteiger partial charge in [-0.3, -0.25) is 0 Å². The number of nitrogen functional groups attached to an aromatic ring is 1. The number of hydrogen-bond donors (Lipinski definition) is 1. The lowest BCUT2D eigenvalue weighted by Gasteiger charge is -2.01. The van der Waals surface area contributed by atoms with Crippen molar-refractivity contribution < 1.29 is 4.52 Å². The second kappa shape index (κ2) is 5.87. The van der Waals surface area contributed by atoms with E-state index < -0.39 is 0 Å². The zero-order chi connectivity index (χ0) is 13.9. The molecule has 0 unspecified atom stereocenters. The minimum absolute atomic E-state index is 0.555. The summed E-state index contributed by atoms with van der Waals surface area (Å²) >= 11 is 9.14. The van der Waals surface area contributed by atoms with Crippen molar-refractivity contribution >= 4 is 40.4 Å². The average Bonchev–Trinajstić information content (AvgIpc) is 3.09. The fraction of sp³-hybridized carbons (Fsp3) is 0.0769. The first kappa shape index (κ1) is 13.5. The van der Waals surface area contributed by atoms with E-state index in [9.17, 15) is 0 Å². The lowest BCUT2D eigenvalue weighted by Crippen LogP contribution is -1.86. The summed E-state index contributed by atoms with van der Waals surface area (Å²) in [4.78, 5) is 6.38. The van der Waals surface area contributed by atoms with Gasteiger partial charge < -0.3 is 10.3 Å². The smallest absolute Gasteiger partial charge is 0.237 e. The molecule has 0 radical (unpaired) electrons. The molecule has 2 N–H and O–H groups in total. The van der Waals surface area contributed by atoms with Gasteiger partial charge in [-0.2, -0.15) is 4.98 Å². The fourth-order valence-electron chi connectivity index (χ4n) is 1.56. The molecule has 0 amide bonds. The molecule has 7 heteroatoms. The van der Waals surface area contributed by atoms with Crippen LogP contribution in [0.2, 0.25) is 5.02 Å². The maximum absolute atomic E-state index is 5.98. The van der Waals surface area contributed by atoms with Crippen molar-refractivity contribution in [2.75, 3.05) is 5.73 Å². The van der Waals surface area contributed by atoms with Crippen molar-refractivity contribution in [2.45, 2.75) is 10.6 Å². The molecule has 0 fully saturated rings. The van der Waals surface area contributed by atoms with Crippen molar-refractivity contribution in [1.29, 1.82) is 0 Å². The molecule has 4 nitrogen and oxygen atoms in total. The number of thiophene rings is 1. The molecular weight excluding hydrogens is 314 g/mol. The third-order valence-electron chi connectivity index (χ3n) is 2.54. The van der Waals surface area contributed by atoms with Gasteiger partial charge in [-0.05, 0) is 29.6 Å². The molecule has 0 saturated carbocycles. The van der Waals surface area contributed by atoms with Gasteiger partial charge in [-0.15, -0.1) is 23.1 Å². The van der Waals surface area contributed by atoms with Crippen LogP contribution >= 0.6 is 34.7 Å². The van der Waals surface area contributed by atoms with E-state index in [4.69, 9.17) is 21.9 Å². The van der Waals surface area contributed by atoms with E-state index >= 15 is 0 Å². The monoisotopic (exact) mass is 323 g/mol. The van der Waals surface area contributed by atoms with Crippen LogP contribution in [0.15, 0.2) is 45.1 Å². The first-order chi connectivity index (χ1) is 9.72.